The molecule has 0 radical (unpaired) electrons. The van der Waals surface area contributed by atoms with E-state index >= 15 is 0 Å². The Hall–Kier alpha value is -5.75. The molecule has 7 atom stereocenters. The normalized spacial score (nSPS) is 11.4. The van der Waals surface area contributed by atoms with Gasteiger partial charge in [0.2, 0.25) is 0 Å². The fourth-order valence-corrected chi connectivity index (χ4v) is 10.8. The van der Waals surface area contributed by atoms with Gasteiger partial charge >= 0.3 is 5.97 Å². The average Bonchev–Trinajstić information content (AvgIpc) is 0.836. The van der Waals surface area contributed by atoms with Gasteiger partial charge < -0.3 is 20.1 Å². The molecule has 0 aromatic heterocycles. The molecule has 0 heterocycles. The van der Waals surface area contributed by atoms with Crippen LogP contribution in [-0.4, -0.2) is 65.6 Å². The summed E-state index contributed by atoms with van der Waals surface area (Å²) < 4.78 is 5.84. The molecule has 0 saturated heterocycles. The fraction of sp³-hybridized carbons (Fsp3) is 0.549. The number of ether oxygens (including phenoxy) is 1. The van der Waals surface area contributed by atoms with Crippen molar-refractivity contribution in [2.75, 3.05) is 26.9 Å². The lowest BCUT2D eigenvalue weighted by Gasteiger charge is -2.22. The molecule has 0 bridgehead atoms. The van der Waals surface area contributed by atoms with E-state index in [-0.39, 0.29) is 62.0 Å². The van der Waals surface area contributed by atoms with E-state index in [1.165, 1.54) is 79.3 Å². The van der Waals surface area contributed by atoms with Gasteiger partial charge in [0.1, 0.15) is 19.8 Å². The summed E-state index contributed by atoms with van der Waals surface area (Å²) in [6.07, 6.45) is 13.2. The standard InChI is InChI=1S/C14H18O4.C14H20.2C12H16O2.C10H13Br.C10H12Cl2.C10H13Cl.7C2H6.6CH4/c1-4-9(2)10-5-11(13(16)8-15)7-12(6-10)14(17)18-3;1-3-11(2)13-10-6-8-12-7-4-5-9-14(12)13;2*1-3-9(2)10-5-4-6-11(7-10)12(14)8-13;1-3-8(2)9-5-4-6-10(11)7-9;1-3-7(2)8-4-5-9(11)10(12)6-8;1-3-8(2)9-4-6-10(11)7-5-9;7*1-2;;;;;;/h5-7,9,15H,4,8H2,1-3H3;6,8,10-11H,3-5,7,9H2,1-2H3;2*4-7,9,13H,3,8H2,1-2H3;4-8H,3H2,1-2H3;4-7H,3H2,1-2H3;4-8H,3H2,1-2H3;7*1-2H3;6*1H4. The molecule has 7 aromatic rings. The number of esters is 1. The maximum atomic E-state index is 11.5. The molecule has 0 aliphatic heterocycles. The Morgan fingerprint density at radius 3 is 1.04 bits per heavy atom. The second-order valence-corrected chi connectivity index (χ2v) is 26.6. The number of Topliss-reactive ketones (excluding diaryl/α,β-unsaturated/α-hetero) is 3. The van der Waals surface area contributed by atoms with E-state index in [0.29, 0.717) is 61.9 Å². The van der Waals surface area contributed by atoms with Crippen LogP contribution in [0.15, 0.2) is 156 Å². The number of aliphatic hydroxyl groups excluding tert-OH is 3. The summed E-state index contributed by atoms with van der Waals surface area (Å²) >= 11 is 20.9. The van der Waals surface area contributed by atoms with Gasteiger partial charge in [-0.05, 0) is 229 Å². The number of fused-ring (bicyclic) bond motifs is 1. The molecule has 658 valence electrons. The van der Waals surface area contributed by atoms with Crippen LogP contribution in [0.3, 0.4) is 0 Å². The minimum atomic E-state index is -0.565. The Balaban J connectivity index is -0.000000103. The summed E-state index contributed by atoms with van der Waals surface area (Å²) in [5, 5.41) is 28.4. The van der Waals surface area contributed by atoms with Crippen LogP contribution in [0, 0.1) is 0 Å². The van der Waals surface area contributed by atoms with Gasteiger partial charge in [-0.3, -0.25) is 14.4 Å². The molecule has 7 aromatic carbocycles. The first-order valence-electron chi connectivity index (χ1n) is 40.8. The van der Waals surface area contributed by atoms with Gasteiger partial charge in [0.25, 0.3) is 0 Å². The van der Waals surface area contributed by atoms with Crippen molar-refractivity contribution in [3.63, 3.8) is 0 Å². The van der Waals surface area contributed by atoms with Crippen LogP contribution in [0.4, 0.5) is 0 Å². The average molecular weight is 1710 g/mol. The number of hydrogen-bond donors (Lipinski definition) is 3. The first-order chi connectivity index (χ1) is 51.8. The Morgan fingerprint density at radius 1 is 0.351 bits per heavy atom. The molecule has 3 N–H and O–H groups in total. The van der Waals surface area contributed by atoms with Crippen molar-refractivity contribution in [1.29, 1.82) is 0 Å². The molecule has 1 aliphatic carbocycles. The van der Waals surface area contributed by atoms with E-state index in [1.807, 2.05) is 178 Å². The Bertz CT molecular complexity index is 3270. The van der Waals surface area contributed by atoms with Crippen LogP contribution in [0.1, 0.15) is 429 Å². The molecule has 114 heavy (non-hydrogen) atoms. The maximum Gasteiger partial charge on any atom is 0.337 e. The number of rotatable bonds is 21. The number of halogens is 4. The van der Waals surface area contributed by atoms with Crippen molar-refractivity contribution >= 4 is 74.1 Å². The van der Waals surface area contributed by atoms with Crippen molar-refractivity contribution in [2.24, 2.45) is 0 Å². The molecule has 0 fully saturated rings. The van der Waals surface area contributed by atoms with Crippen molar-refractivity contribution < 1.29 is 39.2 Å². The predicted molar refractivity (Wildman–Crippen MR) is 521 cm³/mol. The molecular weight excluding hydrogens is 1540 g/mol. The van der Waals surface area contributed by atoms with Gasteiger partial charge in [-0.15, -0.1) is 0 Å². The summed E-state index contributed by atoms with van der Waals surface area (Å²) in [5.74, 6) is 2.47. The van der Waals surface area contributed by atoms with Crippen LogP contribution >= 0.6 is 50.7 Å². The smallest absolute Gasteiger partial charge is 0.337 e. The van der Waals surface area contributed by atoms with E-state index < -0.39 is 31.6 Å². The number of benzene rings is 7. The number of ketones is 3. The van der Waals surface area contributed by atoms with E-state index in [0.717, 1.165) is 53.3 Å². The molecule has 12 heteroatoms. The third kappa shape index (κ3) is 55.0. The van der Waals surface area contributed by atoms with Gasteiger partial charge in [-0.2, -0.15) is 0 Å². The molecule has 7 unspecified atom stereocenters. The van der Waals surface area contributed by atoms with Gasteiger partial charge in [0.05, 0.1) is 22.7 Å². The molecule has 8 nitrogen and oxygen atoms in total. The molecule has 0 amide bonds. The summed E-state index contributed by atoms with van der Waals surface area (Å²) in [5.41, 5.74) is 14.1. The Labute approximate surface area is 729 Å². The summed E-state index contributed by atoms with van der Waals surface area (Å²) in [4.78, 5) is 45.5. The fourth-order valence-electron chi connectivity index (χ4n) is 9.97. The van der Waals surface area contributed by atoms with Crippen LogP contribution in [0.25, 0.3) is 0 Å². The van der Waals surface area contributed by atoms with E-state index in [2.05, 4.69) is 158 Å². The first-order valence-corrected chi connectivity index (χ1v) is 42.7. The SMILES string of the molecule is C.C.C.C.C.C.CC.CC.CC.CC.CC.CC.CC.CCC(C)c1cc(C(=O)CO)cc(C(=O)OC)c1.CCC(C)c1ccc(Cl)c(Cl)c1.CCC(C)c1ccc(Cl)cc1.CCC(C)c1cccc(Br)c1.CCC(C)c1cccc(C(=O)CO)c1.CCC(C)c1cccc(C(=O)CO)c1.CCC(C)c1cccc2c1CCCC2. The zero-order chi connectivity index (χ0) is 84.5. The third-order valence-corrected chi connectivity index (χ3v) is 19.4. The summed E-state index contributed by atoms with van der Waals surface area (Å²) in [7, 11) is 1.30. The van der Waals surface area contributed by atoms with Gasteiger partial charge in [-0.25, -0.2) is 4.79 Å². The molecule has 0 spiro atoms. The highest BCUT2D eigenvalue weighted by Gasteiger charge is 2.18. The maximum absolute atomic E-state index is 11.5. The van der Waals surface area contributed by atoms with E-state index in [9.17, 15) is 19.2 Å². The van der Waals surface area contributed by atoms with E-state index in [4.69, 9.17) is 50.1 Å². The lowest BCUT2D eigenvalue weighted by atomic mass is 9.83. The van der Waals surface area contributed by atoms with Crippen molar-refractivity contribution in [1.82, 2.24) is 0 Å². The third-order valence-electron chi connectivity index (χ3n) is 17.9. The molecular formula is C102H174BrCl3O8. The topological polar surface area (TPSA) is 138 Å². The lowest BCUT2D eigenvalue weighted by molar-refractivity contribution is 0.0600. The van der Waals surface area contributed by atoms with Crippen molar-refractivity contribution in [2.45, 2.75) is 350 Å². The van der Waals surface area contributed by atoms with Crippen LogP contribution in [0.2, 0.25) is 15.1 Å². The second-order valence-electron chi connectivity index (χ2n) is 24.5. The largest absolute Gasteiger partial charge is 0.465 e. The minimum absolute atomic E-state index is 0. The Morgan fingerprint density at radius 2 is 0.667 bits per heavy atom. The number of aryl methyl sites for hydroxylation is 1. The monoisotopic (exact) mass is 1710 g/mol. The Kier molecular flexibility index (Phi) is 102. The number of carbonyl (C=O) groups excluding carboxylic acids is 4. The zero-order valence-corrected chi connectivity index (χ0v) is 76.6. The molecule has 0 saturated carbocycles. The number of hydrogen-bond acceptors (Lipinski definition) is 8. The van der Waals surface area contributed by atoms with Crippen LogP contribution in [0.5, 0.6) is 0 Å². The number of methoxy groups -OCH3 is 1. The van der Waals surface area contributed by atoms with Gasteiger partial charge in [0, 0.05) is 26.2 Å². The molecule has 8 rings (SSSR count). The highest BCUT2D eigenvalue weighted by atomic mass is 79.9. The molecule has 1 aliphatic rings. The van der Waals surface area contributed by atoms with Crippen LogP contribution in [-0.2, 0) is 17.6 Å². The van der Waals surface area contributed by atoms with E-state index in [1.54, 1.807) is 41.0 Å². The number of carbonyl (C=O) groups is 4. The van der Waals surface area contributed by atoms with Gasteiger partial charge in [-0.1, -0.05) is 374 Å². The predicted octanol–water partition coefficient (Wildman–Crippen LogP) is 34.3. The highest BCUT2D eigenvalue weighted by molar-refractivity contribution is 9.10. The van der Waals surface area contributed by atoms with Gasteiger partial charge in [0.15, 0.2) is 17.3 Å². The quantitative estimate of drug-likeness (QED) is 0.0478. The second kappa shape index (κ2) is 86.6. The first kappa shape index (κ1) is 134. The van der Waals surface area contributed by atoms with Crippen molar-refractivity contribution in [3.8, 4) is 0 Å². The van der Waals surface area contributed by atoms with Crippen LogP contribution < -0.4 is 0 Å². The number of aliphatic hydroxyl groups is 3. The zero-order valence-electron chi connectivity index (χ0n) is 72.8. The van der Waals surface area contributed by atoms with Crippen molar-refractivity contribution in [3.05, 3.63) is 244 Å². The highest BCUT2D eigenvalue weighted by Crippen LogP contribution is 2.32. The minimum Gasteiger partial charge on any atom is -0.465 e. The summed E-state index contributed by atoms with van der Waals surface area (Å²) in [6, 6.07) is 49.2. The summed E-state index contributed by atoms with van der Waals surface area (Å²) in [6.45, 7) is 57.0. The lowest BCUT2D eigenvalue weighted by Crippen LogP contribution is -2.10.